The molecule has 0 aliphatic heterocycles. The van der Waals surface area contributed by atoms with Crippen LogP contribution in [0.3, 0.4) is 0 Å². The number of rotatable bonds is 8. The van der Waals surface area contributed by atoms with E-state index in [1.54, 1.807) is 12.4 Å². The second-order valence-electron chi connectivity index (χ2n) is 6.87. The Hall–Kier alpha value is -3.76. The van der Waals surface area contributed by atoms with Gasteiger partial charge in [0.25, 0.3) is 5.69 Å². The molecule has 0 aliphatic carbocycles. The second-order valence-corrected chi connectivity index (χ2v) is 8.22. The van der Waals surface area contributed by atoms with Gasteiger partial charge in [0, 0.05) is 30.1 Å². The van der Waals surface area contributed by atoms with Crippen molar-refractivity contribution in [3.05, 3.63) is 93.8 Å². The van der Waals surface area contributed by atoms with E-state index in [0.29, 0.717) is 23.2 Å². The number of carbonyl (C=O) groups is 1. The van der Waals surface area contributed by atoms with Crippen molar-refractivity contribution in [3.8, 4) is 11.4 Å². The zero-order valence-electron chi connectivity index (χ0n) is 17.1. The third-order valence-electron chi connectivity index (χ3n) is 4.61. The number of nitrogens with one attached hydrogen (secondary N) is 1. The Labute approximate surface area is 198 Å². The molecule has 1 amide bonds. The number of hydrogen-bond donors (Lipinski definition) is 1. The molecule has 0 bridgehead atoms. The number of amides is 1. The third kappa shape index (κ3) is 5.54. The van der Waals surface area contributed by atoms with Crippen molar-refractivity contribution in [2.45, 2.75) is 11.7 Å². The Bertz CT molecular complexity index is 1280. The zero-order chi connectivity index (χ0) is 23.2. The van der Waals surface area contributed by atoms with E-state index in [-0.39, 0.29) is 22.4 Å². The SMILES string of the molecule is O=C(CSc1nnc(-c2ccncc2)n1Cc1ccccc1)Nc1ccc([N+](=O)[O-])cc1Cl. The molecule has 0 aliphatic rings. The molecule has 2 aromatic heterocycles. The highest BCUT2D eigenvalue weighted by Gasteiger charge is 2.17. The van der Waals surface area contributed by atoms with Gasteiger partial charge in [0.2, 0.25) is 5.91 Å². The summed E-state index contributed by atoms with van der Waals surface area (Å²) in [6.07, 6.45) is 3.37. The lowest BCUT2D eigenvalue weighted by molar-refractivity contribution is -0.384. The van der Waals surface area contributed by atoms with E-state index < -0.39 is 4.92 Å². The van der Waals surface area contributed by atoms with Crippen LogP contribution >= 0.6 is 23.4 Å². The van der Waals surface area contributed by atoms with E-state index in [4.69, 9.17) is 11.6 Å². The lowest BCUT2D eigenvalue weighted by atomic mass is 10.2. The van der Waals surface area contributed by atoms with E-state index >= 15 is 0 Å². The van der Waals surface area contributed by atoms with Gasteiger partial charge in [-0.15, -0.1) is 10.2 Å². The van der Waals surface area contributed by atoms with Gasteiger partial charge in [0.05, 0.1) is 27.9 Å². The number of nitro groups is 1. The fourth-order valence-corrected chi connectivity index (χ4v) is 4.01. The molecule has 1 N–H and O–H groups in total. The summed E-state index contributed by atoms with van der Waals surface area (Å²) >= 11 is 7.30. The lowest BCUT2D eigenvalue weighted by Gasteiger charge is -2.11. The average molecular weight is 481 g/mol. The molecule has 4 rings (SSSR count). The quantitative estimate of drug-likeness (QED) is 0.221. The second kappa shape index (κ2) is 10.2. The summed E-state index contributed by atoms with van der Waals surface area (Å²) in [5.74, 6) is 0.398. The van der Waals surface area contributed by atoms with Crippen molar-refractivity contribution < 1.29 is 9.72 Å². The van der Waals surface area contributed by atoms with Gasteiger partial charge in [0.1, 0.15) is 0 Å². The molecule has 2 aromatic carbocycles. The highest BCUT2D eigenvalue weighted by atomic mass is 35.5. The summed E-state index contributed by atoms with van der Waals surface area (Å²) in [7, 11) is 0. The van der Waals surface area contributed by atoms with Crippen molar-refractivity contribution in [3.63, 3.8) is 0 Å². The van der Waals surface area contributed by atoms with Crippen molar-refractivity contribution >= 4 is 40.6 Å². The fraction of sp³-hybridized carbons (Fsp3) is 0.0909. The minimum Gasteiger partial charge on any atom is -0.324 e. The van der Waals surface area contributed by atoms with Crippen LogP contribution in [0, 0.1) is 10.1 Å². The number of aromatic nitrogens is 4. The number of halogens is 1. The molecule has 0 radical (unpaired) electrons. The van der Waals surface area contributed by atoms with Gasteiger partial charge in [0.15, 0.2) is 11.0 Å². The topological polar surface area (TPSA) is 116 Å². The predicted octanol–water partition coefficient (Wildman–Crippen LogP) is 4.68. The first-order valence-corrected chi connectivity index (χ1v) is 11.1. The average Bonchev–Trinajstić information content (AvgIpc) is 3.22. The number of benzene rings is 2. The molecule has 166 valence electrons. The molecule has 0 saturated heterocycles. The first-order chi connectivity index (χ1) is 16.0. The molecular weight excluding hydrogens is 464 g/mol. The fourth-order valence-electron chi connectivity index (χ4n) is 3.05. The third-order valence-corrected chi connectivity index (χ3v) is 5.89. The van der Waals surface area contributed by atoms with Crippen molar-refractivity contribution in [1.82, 2.24) is 19.7 Å². The van der Waals surface area contributed by atoms with E-state index in [1.165, 1.54) is 30.0 Å². The Kier molecular flexibility index (Phi) is 6.96. The molecule has 0 saturated carbocycles. The monoisotopic (exact) mass is 480 g/mol. The van der Waals surface area contributed by atoms with Crippen LogP contribution in [0.5, 0.6) is 0 Å². The lowest BCUT2D eigenvalue weighted by Crippen LogP contribution is -2.15. The van der Waals surface area contributed by atoms with Gasteiger partial charge in [-0.3, -0.25) is 24.5 Å². The first-order valence-electron chi connectivity index (χ1n) is 9.75. The molecule has 2 heterocycles. The van der Waals surface area contributed by atoms with Gasteiger partial charge in [-0.25, -0.2) is 0 Å². The van der Waals surface area contributed by atoms with Crippen LogP contribution in [0.1, 0.15) is 5.56 Å². The maximum atomic E-state index is 12.5. The van der Waals surface area contributed by atoms with E-state index in [9.17, 15) is 14.9 Å². The molecule has 11 heteroatoms. The molecule has 33 heavy (non-hydrogen) atoms. The van der Waals surface area contributed by atoms with Crippen LogP contribution in [0.15, 0.2) is 78.2 Å². The number of hydrogen-bond acceptors (Lipinski definition) is 7. The van der Waals surface area contributed by atoms with E-state index in [2.05, 4.69) is 20.5 Å². The number of anilines is 1. The number of thioether (sulfide) groups is 1. The molecule has 0 spiro atoms. The first kappa shape index (κ1) is 22.4. The minimum atomic E-state index is -0.548. The number of pyridine rings is 1. The number of nitro benzene ring substituents is 1. The summed E-state index contributed by atoms with van der Waals surface area (Å²) in [6.45, 7) is 0.531. The van der Waals surface area contributed by atoms with Crippen molar-refractivity contribution in [2.24, 2.45) is 0 Å². The Balaban J connectivity index is 1.51. The smallest absolute Gasteiger partial charge is 0.271 e. The molecular formula is C22H17ClN6O3S. The Morgan fingerprint density at radius 3 is 2.55 bits per heavy atom. The van der Waals surface area contributed by atoms with Crippen molar-refractivity contribution in [2.75, 3.05) is 11.1 Å². The van der Waals surface area contributed by atoms with Crippen LogP contribution in [0.25, 0.3) is 11.4 Å². The molecule has 4 aromatic rings. The van der Waals surface area contributed by atoms with E-state index in [1.807, 2.05) is 47.0 Å². The molecule has 0 unspecified atom stereocenters. The summed E-state index contributed by atoms with van der Waals surface area (Å²) in [5.41, 5.74) is 2.08. The molecule has 0 fully saturated rings. The van der Waals surface area contributed by atoms with E-state index in [0.717, 1.165) is 11.1 Å². The highest BCUT2D eigenvalue weighted by molar-refractivity contribution is 7.99. The summed E-state index contributed by atoms with van der Waals surface area (Å²) in [4.78, 5) is 26.9. The maximum absolute atomic E-state index is 12.5. The van der Waals surface area contributed by atoms with Gasteiger partial charge < -0.3 is 5.32 Å². The largest absolute Gasteiger partial charge is 0.324 e. The summed E-state index contributed by atoms with van der Waals surface area (Å²) < 4.78 is 1.95. The maximum Gasteiger partial charge on any atom is 0.271 e. The summed E-state index contributed by atoms with van der Waals surface area (Å²) in [5, 5.41) is 22.8. The van der Waals surface area contributed by atoms with Gasteiger partial charge in [-0.05, 0) is 23.8 Å². The minimum absolute atomic E-state index is 0.0522. The standard InChI is InChI=1S/C22H17ClN6O3S/c23-18-12-17(29(31)32)6-7-19(18)25-20(30)14-33-22-27-26-21(16-8-10-24-11-9-16)28(22)13-15-4-2-1-3-5-15/h1-12H,13-14H2,(H,25,30). The predicted molar refractivity (Wildman–Crippen MR) is 126 cm³/mol. The molecule has 9 nitrogen and oxygen atoms in total. The normalized spacial score (nSPS) is 10.7. The molecule has 0 atom stereocenters. The van der Waals surface area contributed by atoms with Gasteiger partial charge >= 0.3 is 0 Å². The van der Waals surface area contributed by atoms with Gasteiger partial charge in [-0.2, -0.15) is 0 Å². The zero-order valence-corrected chi connectivity index (χ0v) is 18.7. The van der Waals surface area contributed by atoms with Gasteiger partial charge in [-0.1, -0.05) is 53.7 Å². The Morgan fingerprint density at radius 2 is 1.85 bits per heavy atom. The van der Waals surface area contributed by atoms with Crippen molar-refractivity contribution in [1.29, 1.82) is 0 Å². The number of nitrogens with zero attached hydrogens (tertiary/aromatic N) is 5. The van der Waals surface area contributed by atoms with Crippen LogP contribution in [-0.2, 0) is 11.3 Å². The van der Waals surface area contributed by atoms with Crippen LogP contribution in [0.2, 0.25) is 5.02 Å². The summed E-state index contributed by atoms with van der Waals surface area (Å²) in [6, 6.07) is 17.5. The van der Waals surface area contributed by atoms with Crippen LogP contribution < -0.4 is 5.32 Å². The van der Waals surface area contributed by atoms with Crippen LogP contribution in [-0.4, -0.2) is 36.3 Å². The number of carbonyl (C=O) groups excluding carboxylic acids is 1. The highest BCUT2D eigenvalue weighted by Crippen LogP contribution is 2.28. The van der Waals surface area contributed by atoms with Crippen LogP contribution in [0.4, 0.5) is 11.4 Å². The number of non-ortho nitro benzene ring substituents is 1. The Morgan fingerprint density at radius 1 is 1.09 bits per heavy atom.